The van der Waals surface area contributed by atoms with Crippen LogP contribution in [-0.4, -0.2) is 15.4 Å². The van der Waals surface area contributed by atoms with Crippen molar-refractivity contribution in [1.82, 2.24) is 15.4 Å². The van der Waals surface area contributed by atoms with Gasteiger partial charge in [0.25, 0.3) is 0 Å². The van der Waals surface area contributed by atoms with E-state index in [1.165, 1.54) is 5.56 Å². The first kappa shape index (κ1) is 16.0. The van der Waals surface area contributed by atoms with Gasteiger partial charge in [-0.1, -0.05) is 47.3 Å². The molecule has 0 bridgehead atoms. The van der Waals surface area contributed by atoms with Crippen LogP contribution in [0.15, 0.2) is 33.1 Å². The third-order valence-corrected chi connectivity index (χ3v) is 5.54. The second kappa shape index (κ2) is 7.14. The molecule has 1 N–H and O–H groups in total. The molecule has 0 amide bonds. The molecule has 3 rings (SSSR count). The van der Waals surface area contributed by atoms with Crippen molar-refractivity contribution in [2.45, 2.75) is 37.3 Å². The van der Waals surface area contributed by atoms with Gasteiger partial charge in [-0.25, -0.2) is 0 Å². The molecule has 0 atom stereocenters. The van der Waals surface area contributed by atoms with Crippen molar-refractivity contribution in [3.05, 3.63) is 46.8 Å². The number of nitrogens with zero attached hydrogens (tertiary/aromatic N) is 3. The van der Waals surface area contributed by atoms with Crippen LogP contribution in [0.3, 0.4) is 0 Å². The minimum absolute atomic E-state index is 0.793. The lowest BCUT2D eigenvalue weighted by molar-refractivity contribution is 0.392. The van der Waals surface area contributed by atoms with E-state index in [1.807, 2.05) is 13.8 Å². The van der Waals surface area contributed by atoms with Crippen molar-refractivity contribution in [3.8, 4) is 0 Å². The van der Waals surface area contributed by atoms with Gasteiger partial charge in [-0.3, -0.25) is 0 Å². The molecule has 0 unspecified atom stereocenters. The van der Waals surface area contributed by atoms with Gasteiger partial charge in [0.05, 0.1) is 5.69 Å². The minimum Gasteiger partial charge on any atom is -0.361 e. The van der Waals surface area contributed by atoms with E-state index in [2.05, 4.69) is 51.9 Å². The number of thioether (sulfide) groups is 1. The fraction of sp³-hybridized carbons (Fsp3) is 0.312. The minimum atomic E-state index is 0.793. The van der Waals surface area contributed by atoms with Crippen LogP contribution in [0.1, 0.15) is 29.5 Å². The first-order chi connectivity index (χ1) is 11.2. The van der Waals surface area contributed by atoms with Gasteiger partial charge in [0.2, 0.25) is 5.13 Å². The molecule has 0 aliphatic heterocycles. The lowest BCUT2D eigenvalue weighted by Crippen LogP contribution is -1.89. The molecule has 0 aliphatic rings. The summed E-state index contributed by atoms with van der Waals surface area (Å²) >= 11 is 3.20. The molecule has 0 spiro atoms. The molecule has 2 heterocycles. The molecule has 2 aromatic heterocycles. The predicted molar refractivity (Wildman–Crippen MR) is 94.5 cm³/mol. The zero-order valence-corrected chi connectivity index (χ0v) is 14.9. The van der Waals surface area contributed by atoms with Crippen LogP contribution < -0.4 is 5.32 Å². The van der Waals surface area contributed by atoms with Gasteiger partial charge >= 0.3 is 0 Å². The number of nitrogens with one attached hydrogen (secondary N) is 1. The number of hydrogen-bond donors (Lipinski definition) is 1. The Kier molecular flexibility index (Phi) is 4.97. The predicted octanol–water partition coefficient (Wildman–Crippen LogP) is 4.74. The second-order valence-electron chi connectivity index (χ2n) is 5.14. The highest BCUT2D eigenvalue weighted by Crippen LogP contribution is 2.31. The van der Waals surface area contributed by atoms with Gasteiger partial charge < -0.3 is 9.84 Å². The Bertz CT molecular complexity index is 760. The molecular weight excluding hydrogens is 328 g/mol. The quantitative estimate of drug-likeness (QED) is 0.650. The van der Waals surface area contributed by atoms with Gasteiger partial charge in [0.1, 0.15) is 5.76 Å². The van der Waals surface area contributed by atoms with Crippen molar-refractivity contribution >= 4 is 33.9 Å². The first-order valence-corrected chi connectivity index (χ1v) is 9.20. The summed E-state index contributed by atoms with van der Waals surface area (Å²) in [6.45, 7) is 6.04. The molecule has 0 radical (unpaired) electrons. The van der Waals surface area contributed by atoms with E-state index in [-0.39, 0.29) is 0 Å². The van der Waals surface area contributed by atoms with E-state index >= 15 is 0 Å². The molecule has 23 heavy (non-hydrogen) atoms. The molecule has 0 fully saturated rings. The molecular formula is C16H18N4OS2. The monoisotopic (exact) mass is 346 g/mol. The number of rotatable bonds is 6. The van der Waals surface area contributed by atoms with E-state index in [0.29, 0.717) is 0 Å². The Morgan fingerprint density at radius 2 is 1.96 bits per heavy atom. The summed E-state index contributed by atoms with van der Waals surface area (Å²) in [5.74, 6) is 1.66. The SMILES string of the molecule is CCc1ccc(Nc2nnc(SCc3c(C)noc3C)s2)cc1. The number of benzene rings is 1. The Morgan fingerprint density at radius 1 is 1.17 bits per heavy atom. The van der Waals surface area contributed by atoms with Crippen molar-refractivity contribution in [3.63, 3.8) is 0 Å². The van der Waals surface area contributed by atoms with Crippen LogP contribution in [0.2, 0.25) is 0 Å². The highest BCUT2D eigenvalue weighted by atomic mass is 32.2. The molecule has 0 saturated heterocycles. The molecule has 3 aromatic rings. The summed E-state index contributed by atoms with van der Waals surface area (Å²) in [5, 5.41) is 16.5. The van der Waals surface area contributed by atoms with Gasteiger partial charge in [0.15, 0.2) is 4.34 Å². The smallest absolute Gasteiger partial charge is 0.210 e. The van der Waals surface area contributed by atoms with E-state index < -0.39 is 0 Å². The first-order valence-electron chi connectivity index (χ1n) is 7.39. The van der Waals surface area contributed by atoms with E-state index in [9.17, 15) is 0 Å². The third-order valence-electron chi connectivity index (χ3n) is 3.54. The summed E-state index contributed by atoms with van der Waals surface area (Å²) in [5.41, 5.74) is 4.42. The lowest BCUT2D eigenvalue weighted by Gasteiger charge is -2.02. The maximum atomic E-state index is 5.18. The normalized spacial score (nSPS) is 10.9. The number of hydrogen-bond acceptors (Lipinski definition) is 7. The van der Waals surface area contributed by atoms with Crippen LogP contribution in [0.25, 0.3) is 0 Å². The summed E-state index contributed by atoms with van der Waals surface area (Å²) in [6, 6.07) is 8.38. The topological polar surface area (TPSA) is 63.8 Å². The summed E-state index contributed by atoms with van der Waals surface area (Å²) in [6.07, 6.45) is 1.04. The molecule has 120 valence electrons. The van der Waals surface area contributed by atoms with Crippen LogP contribution >= 0.6 is 23.1 Å². The highest BCUT2D eigenvalue weighted by Gasteiger charge is 2.11. The van der Waals surface area contributed by atoms with Gasteiger partial charge in [-0.15, -0.1) is 10.2 Å². The second-order valence-corrected chi connectivity index (χ2v) is 7.34. The van der Waals surface area contributed by atoms with Crippen molar-refractivity contribution in [2.24, 2.45) is 0 Å². The Balaban J connectivity index is 1.61. The Hall–Kier alpha value is -1.86. The molecule has 5 nitrogen and oxygen atoms in total. The van der Waals surface area contributed by atoms with Gasteiger partial charge in [0, 0.05) is 17.0 Å². The van der Waals surface area contributed by atoms with Crippen LogP contribution in [0.4, 0.5) is 10.8 Å². The Morgan fingerprint density at radius 3 is 2.61 bits per heavy atom. The number of anilines is 2. The largest absolute Gasteiger partial charge is 0.361 e. The zero-order chi connectivity index (χ0) is 16.2. The van der Waals surface area contributed by atoms with Crippen molar-refractivity contribution in [2.75, 3.05) is 5.32 Å². The third kappa shape index (κ3) is 3.92. The van der Waals surface area contributed by atoms with E-state index in [4.69, 9.17) is 4.52 Å². The maximum Gasteiger partial charge on any atom is 0.210 e. The number of aromatic nitrogens is 3. The van der Waals surface area contributed by atoms with Crippen molar-refractivity contribution in [1.29, 1.82) is 0 Å². The Labute approximate surface area is 143 Å². The van der Waals surface area contributed by atoms with Crippen LogP contribution in [-0.2, 0) is 12.2 Å². The fourth-order valence-electron chi connectivity index (χ4n) is 2.11. The zero-order valence-electron chi connectivity index (χ0n) is 13.3. The lowest BCUT2D eigenvalue weighted by atomic mass is 10.1. The fourth-order valence-corrected chi connectivity index (χ4v) is 4.03. The molecule has 1 aromatic carbocycles. The molecule has 7 heteroatoms. The maximum absolute atomic E-state index is 5.18. The van der Waals surface area contributed by atoms with Crippen molar-refractivity contribution < 1.29 is 4.52 Å². The van der Waals surface area contributed by atoms with Crippen LogP contribution in [0.5, 0.6) is 0 Å². The van der Waals surface area contributed by atoms with E-state index in [1.54, 1.807) is 23.1 Å². The average molecular weight is 346 g/mol. The summed E-state index contributed by atoms with van der Waals surface area (Å²) < 4.78 is 6.11. The average Bonchev–Trinajstić information content (AvgIpc) is 3.13. The number of aryl methyl sites for hydroxylation is 3. The van der Waals surface area contributed by atoms with Gasteiger partial charge in [-0.05, 0) is 38.0 Å². The summed E-state index contributed by atoms with van der Waals surface area (Å²) in [4.78, 5) is 0. The standard InChI is InChI=1S/C16H18N4OS2/c1-4-12-5-7-13(8-6-12)17-15-18-19-16(23-15)22-9-14-10(2)20-21-11(14)3/h5-8H,4,9H2,1-3H3,(H,17,18). The van der Waals surface area contributed by atoms with Crippen LogP contribution in [0, 0.1) is 13.8 Å². The van der Waals surface area contributed by atoms with E-state index in [0.717, 1.165) is 44.3 Å². The molecule has 0 aliphatic carbocycles. The highest BCUT2D eigenvalue weighted by molar-refractivity contribution is 8.00. The van der Waals surface area contributed by atoms with Gasteiger partial charge in [-0.2, -0.15) is 0 Å². The molecule has 0 saturated carbocycles. The summed E-state index contributed by atoms with van der Waals surface area (Å²) in [7, 11) is 0.